The Bertz CT molecular complexity index is 942. The number of benzene rings is 2. The Morgan fingerprint density at radius 3 is 2.46 bits per heavy atom. The van der Waals surface area contributed by atoms with Crippen LogP contribution in [-0.2, 0) is 17.8 Å². The van der Waals surface area contributed by atoms with Crippen molar-refractivity contribution in [2.45, 2.75) is 46.7 Å². The van der Waals surface area contributed by atoms with E-state index >= 15 is 0 Å². The average molecular weight is 353 g/mol. The molecule has 0 radical (unpaired) electrons. The average Bonchev–Trinajstić information content (AvgIpc) is 2.86. The van der Waals surface area contributed by atoms with Gasteiger partial charge in [-0.2, -0.15) is 0 Å². The Balaban J connectivity index is 2.03. The number of carbonyl (C=O) groups is 1. The number of hydrogen-bond acceptors (Lipinski definition) is 2. The number of nitrogens with one attached hydrogen (secondary N) is 1. The summed E-state index contributed by atoms with van der Waals surface area (Å²) in [5, 5.41) is 2.93. The number of nitrogens with zero attached hydrogens (tertiary/aromatic N) is 2. The molecule has 4 nitrogen and oxygen atoms in total. The van der Waals surface area contributed by atoms with Gasteiger partial charge in [-0.05, 0) is 68.7 Å². The third-order valence-corrected chi connectivity index (χ3v) is 4.47. The molecule has 3 aromatic rings. The third kappa shape index (κ3) is 3.93. The molecule has 0 atom stereocenters. The summed E-state index contributed by atoms with van der Waals surface area (Å²) in [6.45, 7) is 8.21. The minimum atomic E-state index is -0.259. The molecule has 3 rings (SSSR count). The van der Waals surface area contributed by atoms with Gasteiger partial charge < -0.3 is 9.88 Å². The maximum atomic E-state index is 13.2. The summed E-state index contributed by atoms with van der Waals surface area (Å²) < 4.78 is 15.1. The lowest BCUT2D eigenvalue weighted by atomic mass is 10.1. The minimum absolute atomic E-state index is 0.0436. The smallest absolute Gasteiger partial charge is 0.240 e. The Kier molecular flexibility index (Phi) is 5.07. The van der Waals surface area contributed by atoms with E-state index in [9.17, 15) is 9.18 Å². The first-order valence-electron chi connectivity index (χ1n) is 8.83. The molecule has 5 heteroatoms. The van der Waals surface area contributed by atoms with Crippen LogP contribution in [0.5, 0.6) is 0 Å². The van der Waals surface area contributed by atoms with Crippen molar-refractivity contribution in [2.75, 3.05) is 0 Å². The van der Waals surface area contributed by atoms with Crippen LogP contribution in [0.25, 0.3) is 11.0 Å². The number of carbonyl (C=O) groups excluding carboxylic acids is 1. The number of aromatic nitrogens is 2. The maximum absolute atomic E-state index is 13.2. The molecule has 0 saturated heterocycles. The summed E-state index contributed by atoms with van der Waals surface area (Å²) in [6, 6.07) is 10.6. The molecular formula is C21H24FN3O. The zero-order chi connectivity index (χ0) is 18.8. The van der Waals surface area contributed by atoms with E-state index in [0.29, 0.717) is 6.42 Å². The van der Waals surface area contributed by atoms with Gasteiger partial charge in [0.05, 0.1) is 11.0 Å². The summed E-state index contributed by atoms with van der Waals surface area (Å²) in [5.74, 6) is 0.498. The first-order valence-corrected chi connectivity index (χ1v) is 8.83. The van der Waals surface area contributed by atoms with E-state index < -0.39 is 0 Å². The SMILES string of the molecule is Cc1cc2nc(Cc3ccc(F)cc3)n(CC(=O)NC(C)C)c2cc1C. The highest BCUT2D eigenvalue weighted by Crippen LogP contribution is 2.22. The van der Waals surface area contributed by atoms with Gasteiger partial charge in [-0.15, -0.1) is 0 Å². The number of amides is 1. The van der Waals surface area contributed by atoms with Gasteiger partial charge in [-0.1, -0.05) is 12.1 Å². The highest BCUT2D eigenvalue weighted by Gasteiger charge is 2.16. The molecule has 0 unspecified atom stereocenters. The van der Waals surface area contributed by atoms with E-state index in [0.717, 1.165) is 28.0 Å². The molecule has 136 valence electrons. The third-order valence-electron chi connectivity index (χ3n) is 4.47. The molecule has 0 saturated carbocycles. The van der Waals surface area contributed by atoms with Crippen molar-refractivity contribution in [3.63, 3.8) is 0 Å². The standard InChI is InChI=1S/C21H24FN3O/c1-13(2)23-21(26)12-25-19-10-15(4)14(3)9-18(19)24-20(25)11-16-5-7-17(22)8-6-16/h5-10,13H,11-12H2,1-4H3,(H,23,26). The number of fused-ring (bicyclic) bond motifs is 1. The van der Waals surface area contributed by atoms with Crippen LogP contribution in [0.4, 0.5) is 4.39 Å². The zero-order valence-corrected chi connectivity index (χ0v) is 15.6. The molecule has 0 spiro atoms. The van der Waals surface area contributed by atoms with Gasteiger partial charge in [0, 0.05) is 12.5 Å². The number of rotatable bonds is 5. The topological polar surface area (TPSA) is 46.9 Å². The Morgan fingerprint density at radius 2 is 1.81 bits per heavy atom. The lowest BCUT2D eigenvalue weighted by Crippen LogP contribution is -2.33. The number of hydrogen-bond donors (Lipinski definition) is 1. The Hall–Kier alpha value is -2.69. The second-order valence-corrected chi connectivity index (χ2v) is 7.06. The van der Waals surface area contributed by atoms with E-state index in [1.807, 2.05) is 18.4 Å². The predicted octanol–water partition coefficient (Wildman–Crippen LogP) is 3.91. The van der Waals surface area contributed by atoms with Crippen molar-refractivity contribution < 1.29 is 9.18 Å². The molecule has 1 N–H and O–H groups in total. The summed E-state index contributed by atoms with van der Waals surface area (Å²) in [7, 11) is 0. The molecule has 0 aliphatic rings. The van der Waals surface area contributed by atoms with Crippen molar-refractivity contribution in [1.82, 2.24) is 14.9 Å². The molecule has 1 heterocycles. The van der Waals surface area contributed by atoms with Gasteiger partial charge in [0.25, 0.3) is 0 Å². The van der Waals surface area contributed by atoms with Crippen LogP contribution in [0.2, 0.25) is 0 Å². The van der Waals surface area contributed by atoms with Crippen LogP contribution >= 0.6 is 0 Å². The number of imidazole rings is 1. The number of halogens is 1. The van der Waals surface area contributed by atoms with E-state index in [1.54, 1.807) is 12.1 Å². The van der Waals surface area contributed by atoms with Crippen molar-refractivity contribution in [2.24, 2.45) is 0 Å². The molecule has 26 heavy (non-hydrogen) atoms. The van der Waals surface area contributed by atoms with Crippen LogP contribution in [-0.4, -0.2) is 21.5 Å². The molecule has 0 bridgehead atoms. The monoisotopic (exact) mass is 353 g/mol. The fraction of sp³-hybridized carbons (Fsp3) is 0.333. The lowest BCUT2D eigenvalue weighted by Gasteiger charge is -2.12. The van der Waals surface area contributed by atoms with Crippen molar-refractivity contribution in [3.8, 4) is 0 Å². The molecule has 0 aliphatic heterocycles. The van der Waals surface area contributed by atoms with Crippen molar-refractivity contribution in [1.29, 1.82) is 0 Å². The summed E-state index contributed by atoms with van der Waals surface area (Å²) in [4.78, 5) is 17.1. The van der Waals surface area contributed by atoms with Crippen LogP contribution in [0, 0.1) is 19.7 Å². The quantitative estimate of drug-likeness (QED) is 0.756. The largest absolute Gasteiger partial charge is 0.352 e. The van der Waals surface area contributed by atoms with Gasteiger partial charge in [0.2, 0.25) is 5.91 Å². The van der Waals surface area contributed by atoms with Crippen LogP contribution in [0.15, 0.2) is 36.4 Å². The molecule has 1 amide bonds. The zero-order valence-electron chi connectivity index (χ0n) is 15.6. The van der Waals surface area contributed by atoms with Crippen molar-refractivity contribution in [3.05, 3.63) is 64.7 Å². The first-order chi connectivity index (χ1) is 12.3. The van der Waals surface area contributed by atoms with Crippen molar-refractivity contribution >= 4 is 16.9 Å². The summed E-state index contributed by atoms with van der Waals surface area (Å²) >= 11 is 0. The van der Waals surface area contributed by atoms with Crippen LogP contribution in [0.1, 0.15) is 36.4 Å². The predicted molar refractivity (Wildman–Crippen MR) is 102 cm³/mol. The van der Waals surface area contributed by atoms with Gasteiger partial charge in [-0.3, -0.25) is 4.79 Å². The van der Waals surface area contributed by atoms with E-state index in [1.165, 1.54) is 17.7 Å². The highest BCUT2D eigenvalue weighted by atomic mass is 19.1. The van der Waals surface area contributed by atoms with E-state index in [2.05, 4.69) is 31.3 Å². The Morgan fingerprint density at radius 1 is 1.15 bits per heavy atom. The fourth-order valence-electron chi connectivity index (χ4n) is 3.04. The van der Waals surface area contributed by atoms with Crippen LogP contribution < -0.4 is 5.32 Å². The first kappa shape index (κ1) is 18.1. The molecule has 2 aromatic carbocycles. The highest BCUT2D eigenvalue weighted by molar-refractivity contribution is 5.82. The molecule has 1 aromatic heterocycles. The maximum Gasteiger partial charge on any atom is 0.240 e. The van der Waals surface area contributed by atoms with Gasteiger partial charge in [0.15, 0.2) is 0 Å². The molecule has 0 aliphatic carbocycles. The normalized spacial score (nSPS) is 11.3. The second kappa shape index (κ2) is 7.28. The van der Waals surface area contributed by atoms with Gasteiger partial charge in [-0.25, -0.2) is 9.37 Å². The van der Waals surface area contributed by atoms with Gasteiger partial charge >= 0.3 is 0 Å². The summed E-state index contributed by atoms with van der Waals surface area (Å²) in [6.07, 6.45) is 0.544. The van der Waals surface area contributed by atoms with E-state index in [-0.39, 0.29) is 24.3 Å². The van der Waals surface area contributed by atoms with Gasteiger partial charge in [0.1, 0.15) is 18.2 Å². The molecular weight excluding hydrogens is 329 g/mol. The Labute approximate surface area is 153 Å². The fourth-order valence-corrected chi connectivity index (χ4v) is 3.04. The minimum Gasteiger partial charge on any atom is -0.352 e. The lowest BCUT2D eigenvalue weighted by molar-refractivity contribution is -0.122. The van der Waals surface area contributed by atoms with Crippen LogP contribution in [0.3, 0.4) is 0 Å². The second-order valence-electron chi connectivity index (χ2n) is 7.06. The molecule has 0 fully saturated rings. The number of aryl methyl sites for hydroxylation is 2. The summed E-state index contributed by atoms with van der Waals surface area (Å²) in [5.41, 5.74) is 5.12. The van der Waals surface area contributed by atoms with E-state index in [4.69, 9.17) is 4.98 Å².